The molecule has 0 spiro atoms. The predicted octanol–water partition coefficient (Wildman–Crippen LogP) is 1.82. The van der Waals surface area contributed by atoms with Crippen molar-refractivity contribution < 1.29 is 31.5 Å². The largest absolute Gasteiger partial charge is 0.457 e. The molecule has 146 valence electrons. The number of halogens is 2. The number of amidine groups is 1. The molecule has 0 radical (unpaired) electrons. The van der Waals surface area contributed by atoms with Gasteiger partial charge in [-0.3, -0.25) is 19.3 Å². The summed E-state index contributed by atoms with van der Waals surface area (Å²) < 4.78 is 57.5. The van der Waals surface area contributed by atoms with Crippen molar-refractivity contribution in [2.75, 3.05) is 13.2 Å². The summed E-state index contributed by atoms with van der Waals surface area (Å²) >= 11 is 0. The normalized spacial score (nSPS) is 15.7. The molecule has 1 heterocycles. The molecule has 1 N–H and O–H groups in total. The van der Waals surface area contributed by atoms with E-state index in [9.17, 15) is 26.8 Å². The maximum absolute atomic E-state index is 13.5. The first-order valence-electron chi connectivity index (χ1n) is 8.08. The summed E-state index contributed by atoms with van der Waals surface area (Å²) in [7, 11) is -3.67. The van der Waals surface area contributed by atoms with E-state index in [-0.39, 0.29) is 23.7 Å². The lowest BCUT2D eigenvalue weighted by Gasteiger charge is -2.05. The number of carbonyl (C=O) groups is 2. The smallest absolute Gasteiger partial charge is 0.308 e. The third-order valence-corrected chi connectivity index (χ3v) is 5.24. The molecule has 1 aliphatic heterocycles. The number of hydrogen-bond acceptors (Lipinski definition) is 6. The molecular formula is C18H14F2N2O5S. The van der Waals surface area contributed by atoms with Gasteiger partial charge < -0.3 is 4.74 Å². The molecule has 0 saturated heterocycles. The first-order chi connectivity index (χ1) is 13.3. The Kier molecular flexibility index (Phi) is 5.50. The van der Waals surface area contributed by atoms with E-state index in [0.717, 1.165) is 18.2 Å². The number of ether oxygens (including phenoxy) is 1. The Bertz CT molecular complexity index is 1080. The maximum Gasteiger partial charge on any atom is 0.308 e. The molecule has 28 heavy (non-hydrogen) atoms. The van der Waals surface area contributed by atoms with Gasteiger partial charge in [0.2, 0.25) is 5.78 Å². The number of aliphatic imine (C=N–C) groups is 1. The fourth-order valence-electron chi connectivity index (χ4n) is 2.52. The first-order valence-corrected chi connectivity index (χ1v) is 9.57. The molecule has 0 unspecified atom stereocenters. The number of hydrogen-bond donors (Lipinski definition) is 1. The molecular weight excluding hydrogens is 394 g/mol. The van der Waals surface area contributed by atoms with Gasteiger partial charge in [0, 0.05) is 5.56 Å². The van der Waals surface area contributed by atoms with Gasteiger partial charge in [-0.25, -0.2) is 17.2 Å². The average molecular weight is 408 g/mol. The molecule has 0 saturated carbocycles. The quantitative estimate of drug-likeness (QED) is 0.580. The van der Waals surface area contributed by atoms with Crippen molar-refractivity contribution in [3.05, 3.63) is 65.2 Å². The summed E-state index contributed by atoms with van der Waals surface area (Å²) in [6.07, 6.45) is -0.230. The summed E-state index contributed by atoms with van der Waals surface area (Å²) in [4.78, 5) is 27.7. The van der Waals surface area contributed by atoms with Crippen LogP contribution in [-0.4, -0.2) is 39.2 Å². The lowest BCUT2D eigenvalue weighted by Crippen LogP contribution is -2.23. The van der Waals surface area contributed by atoms with Gasteiger partial charge in [-0.1, -0.05) is 12.1 Å². The number of fused-ring (bicyclic) bond motifs is 1. The van der Waals surface area contributed by atoms with Crippen LogP contribution in [0.3, 0.4) is 0 Å². The summed E-state index contributed by atoms with van der Waals surface area (Å²) in [6, 6.07) is 8.65. The zero-order valence-electron chi connectivity index (χ0n) is 14.3. The Hall–Kier alpha value is -3.14. The average Bonchev–Trinajstić information content (AvgIpc) is 2.92. The molecule has 10 heteroatoms. The van der Waals surface area contributed by atoms with E-state index in [1.165, 1.54) is 6.07 Å². The highest BCUT2D eigenvalue weighted by molar-refractivity contribution is 7.90. The van der Waals surface area contributed by atoms with Crippen LogP contribution in [0.15, 0.2) is 52.4 Å². The molecule has 2 aromatic rings. The Balaban J connectivity index is 1.55. The highest BCUT2D eigenvalue weighted by atomic mass is 32.2. The van der Waals surface area contributed by atoms with E-state index in [0.29, 0.717) is 5.56 Å². The van der Waals surface area contributed by atoms with E-state index in [2.05, 4.69) is 9.71 Å². The molecule has 0 aliphatic carbocycles. The van der Waals surface area contributed by atoms with Gasteiger partial charge in [0.25, 0.3) is 10.0 Å². The number of nitrogens with one attached hydrogen (secondary N) is 1. The summed E-state index contributed by atoms with van der Waals surface area (Å²) in [6.45, 7) is -0.835. The van der Waals surface area contributed by atoms with Gasteiger partial charge >= 0.3 is 5.97 Å². The maximum atomic E-state index is 13.5. The van der Waals surface area contributed by atoms with Gasteiger partial charge in [0.1, 0.15) is 17.5 Å². The van der Waals surface area contributed by atoms with Gasteiger partial charge in [-0.05, 0) is 30.3 Å². The van der Waals surface area contributed by atoms with Crippen molar-refractivity contribution in [1.29, 1.82) is 0 Å². The number of Topliss-reactive ketones (excluding diaryl/α,β-unsaturated/α-hetero) is 1. The molecule has 0 atom stereocenters. The molecule has 2 aromatic carbocycles. The molecule has 7 nitrogen and oxygen atoms in total. The summed E-state index contributed by atoms with van der Waals surface area (Å²) in [5.74, 6) is -3.26. The highest BCUT2D eigenvalue weighted by Crippen LogP contribution is 2.22. The number of carbonyl (C=O) groups excluding carboxylic acids is 2. The van der Waals surface area contributed by atoms with E-state index in [1.807, 2.05) is 0 Å². The van der Waals surface area contributed by atoms with Gasteiger partial charge in [0.05, 0.1) is 23.4 Å². The minimum Gasteiger partial charge on any atom is -0.457 e. The van der Waals surface area contributed by atoms with Crippen LogP contribution in [0.25, 0.3) is 0 Å². The molecule has 0 aromatic heterocycles. The number of ketones is 1. The van der Waals surface area contributed by atoms with Crippen LogP contribution in [0.2, 0.25) is 0 Å². The number of rotatable bonds is 6. The summed E-state index contributed by atoms with van der Waals surface area (Å²) in [5.41, 5.74) is -0.113. The number of esters is 1. The van der Waals surface area contributed by atoms with Crippen LogP contribution in [0.1, 0.15) is 22.3 Å². The van der Waals surface area contributed by atoms with Crippen LogP contribution in [-0.2, 0) is 19.6 Å². The zero-order chi connectivity index (χ0) is 20.3. The second-order valence-corrected chi connectivity index (χ2v) is 7.44. The van der Waals surface area contributed by atoms with Crippen LogP contribution < -0.4 is 4.72 Å². The topological polar surface area (TPSA) is 102 Å². The minimum atomic E-state index is -3.67. The van der Waals surface area contributed by atoms with Crippen molar-refractivity contribution in [1.82, 2.24) is 4.72 Å². The molecule has 1 aliphatic rings. The third kappa shape index (κ3) is 4.22. The van der Waals surface area contributed by atoms with Crippen molar-refractivity contribution in [3.63, 3.8) is 0 Å². The van der Waals surface area contributed by atoms with E-state index in [4.69, 9.17) is 4.74 Å². The van der Waals surface area contributed by atoms with Crippen LogP contribution >= 0.6 is 0 Å². The third-order valence-electron chi connectivity index (χ3n) is 3.84. The minimum absolute atomic E-state index is 0.0897. The fourth-order valence-corrected chi connectivity index (χ4v) is 3.77. The number of nitrogens with zero attached hydrogens (tertiary/aromatic N) is 1. The number of sulfonamides is 1. The molecule has 3 rings (SSSR count). The van der Waals surface area contributed by atoms with Gasteiger partial charge in [0.15, 0.2) is 6.61 Å². The lowest BCUT2D eigenvalue weighted by atomic mass is 10.1. The second kappa shape index (κ2) is 7.85. The fraction of sp³-hybridized carbons (Fsp3) is 0.167. The predicted molar refractivity (Wildman–Crippen MR) is 94.4 cm³/mol. The molecule has 0 amide bonds. The standard InChI is InChI=1S/C18H14F2N2O5S/c19-11-5-6-14(20)13(9-11)15(23)10-27-17(24)7-8-21-18-12-3-1-2-4-16(12)28(25,26)22-18/h1-6,9H,7-8,10H2,(H,21,22). The first kappa shape index (κ1) is 19.6. The van der Waals surface area contributed by atoms with E-state index in [1.54, 1.807) is 18.2 Å². The lowest BCUT2D eigenvalue weighted by molar-refractivity contribution is -0.142. The Morgan fingerprint density at radius 2 is 1.86 bits per heavy atom. The van der Waals surface area contributed by atoms with Gasteiger partial charge in [-0.2, -0.15) is 0 Å². The van der Waals surface area contributed by atoms with Crippen molar-refractivity contribution in [2.45, 2.75) is 11.3 Å². The van der Waals surface area contributed by atoms with Gasteiger partial charge in [-0.15, -0.1) is 0 Å². The monoisotopic (exact) mass is 408 g/mol. The van der Waals surface area contributed by atoms with E-state index < -0.39 is 45.6 Å². The van der Waals surface area contributed by atoms with Crippen molar-refractivity contribution in [2.24, 2.45) is 4.99 Å². The number of benzene rings is 2. The zero-order valence-corrected chi connectivity index (χ0v) is 15.1. The molecule has 0 fully saturated rings. The van der Waals surface area contributed by atoms with E-state index >= 15 is 0 Å². The van der Waals surface area contributed by atoms with Crippen LogP contribution in [0.5, 0.6) is 0 Å². The molecule has 0 bridgehead atoms. The summed E-state index contributed by atoms with van der Waals surface area (Å²) in [5, 5.41) is 0. The Labute approximate surface area is 159 Å². The van der Waals surface area contributed by atoms with Crippen LogP contribution in [0, 0.1) is 11.6 Å². The van der Waals surface area contributed by atoms with Crippen LogP contribution in [0.4, 0.5) is 8.78 Å². The Morgan fingerprint density at radius 3 is 2.64 bits per heavy atom. The highest BCUT2D eigenvalue weighted by Gasteiger charge is 2.30. The van der Waals surface area contributed by atoms with Crippen molar-refractivity contribution in [3.8, 4) is 0 Å². The van der Waals surface area contributed by atoms with Crippen molar-refractivity contribution >= 4 is 27.6 Å². The second-order valence-electron chi connectivity index (χ2n) is 5.79. The SMILES string of the molecule is O=C(CCN=C1NS(=O)(=O)c2ccccc21)OCC(=O)c1cc(F)ccc1F. The Morgan fingerprint density at radius 1 is 1.11 bits per heavy atom.